The van der Waals surface area contributed by atoms with Crippen molar-refractivity contribution in [2.75, 3.05) is 0 Å². The van der Waals surface area contributed by atoms with Crippen LogP contribution in [0.5, 0.6) is 0 Å². The largest absolute Gasteiger partial charge is 0.481 e. The van der Waals surface area contributed by atoms with Crippen molar-refractivity contribution in [2.24, 2.45) is 7.05 Å². The lowest BCUT2D eigenvalue weighted by Crippen LogP contribution is -2.03. The van der Waals surface area contributed by atoms with E-state index in [2.05, 4.69) is 0 Å². The molecule has 2 rings (SSSR count). The molecule has 19 heavy (non-hydrogen) atoms. The van der Waals surface area contributed by atoms with Gasteiger partial charge in [-0.1, -0.05) is 18.2 Å². The van der Waals surface area contributed by atoms with Crippen molar-refractivity contribution < 1.29 is 14.7 Å². The number of aliphatic carboxylic acids is 1. The van der Waals surface area contributed by atoms with Crippen molar-refractivity contribution in [2.45, 2.75) is 26.2 Å². The van der Waals surface area contributed by atoms with Crippen molar-refractivity contribution in [1.29, 1.82) is 0 Å². The molecule has 0 spiro atoms. The molecule has 2 aromatic rings. The van der Waals surface area contributed by atoms with E-state index < -0.39 is 5.97 Å². The van der Waals surface area contributed by atoms with E-state index >= 15 is 0 Å². The normalized spacial score (nSPS) is 10.8. The third-order valence-corrected chi connectivity index (χ3v) is 3.47. The predicted octanol–water partition coefficient (Wildman–Crippen LogP) is 2.92. The van der Waals surface area contributed by atoms with Gasteiger partial charge >= 0.3 is 5.97 Å². The molecule has 0 saturated heterocycles. The van der Waals surface area contributed by atoms with Crippen molar-refractivity contribution >= 4 is 22.7 Å². The Morgan fingerprint density at radius 1 is 1.21 bits per heavy atom. The third kappa shape index (κ3) is 2.52. The second-order valence-corrected chi connectivity index (χ2v) is 4.71. The molecule has 0 bridgehead atoms. The summed E-state index contributed by atoms with van der Waals surface area (Å²) < 4.78 is 2.00. The van der Waals surface area contributed by atoms with E-state index in [1.54, 1.807) is 0 Å². The summed E-state index contributed by atoms with van der Waals surface area (Å²) in [6, 6.07) is 7.78. The molecule has 0 aliphatic rings. The predicted molar refractivity (Wildman–Crippen MR) is 73.5 cm³/mol. The monoisotopic (exact) mass is 259 g/mol. The van der Waals surface area contributed by atoms with Crippen LogP contribution in [0.15, 0.2) is 24.3 Å². The third-order valence-electron chi connectivity index (χ3n) is 3.47. The second-order valence-electron chi connectivity index (χ2n) is 4.71. The summed E-state index contributed by atoms with van der Waals surface area (Å²) >= 11 is 0. The van der Waals surface area contributed by atoms with Crippen LogP contribution in [-0.2, 0) is 11.8 Å². The van der Waals surface area contributed by atoms with E-state index in [1.807, 2.05) is 42.8 Å². The lowest BCUT2D eigenvalue weighted by Gasteiger charge is -2.01. The average molecular weight is 259 g/mol. The first kappa shape index (κ1) is 13.3. The number of carbonyl (C=O) groups is 2. The standard InChI is InChI=1S/C15H17NO3/c1-10-15(13(17)8-5-9-14(18)19)11-6-3-4-7-12(11)16(10)2/h3-4,6-7H,5,8-9H2,1-2H3,(H,18,19). The highest BCUT2D eigenvalue weighted by Crippen LogP contribution is 2.26. The smallest absolute Gasteiger partial charge is 0.303 e. The maximum Gasteiger partial charge on any atom is 0.303 e. The van der Waals surface area contributed by atoms with Crippen LogP contribution < -0.4 is 0 Å². The Hall–Kier alpha value is -2.10. The molecule has 0 aliphatic heterocycles. The number of Topliss-reactive ketones (excluding diaryl/α,β-unsaturated/α-hetero) is 1. The van der Waals surface area contributed by atoms with Gasteiger partial charge in [0.1, 0.15) is 0 Å². The molecule has 0 aliphatic carbocycles. The molecule has 1 aromatic carbocycles. The molecule has 1 heterocycles. The van der Waals surface area contributed by atoms with Gasteiger partial charge in [0.25, 0.3) is 0 Å². The molecular formula is C15H17NO3. The molecule has 0 radical (unpaired) electrons. The first-order chi connectivity index (χ1) is 9.02. The maximum absolute atomic E-state index is 12.3. The van der Waals surface area contributed by atoms with Crippen LogP contribution in [-0.4, -0.2) is 21.4 Å². The number of ketones is 1. The minimum absolute atomic E-state index is 0.0237. The number of hydrogen-bond acceptors (Lipinski definition) is 2. The van der Waals surface area contributed by atoms with Crippen LogP contribution in [0, 0.1) is 6.92 Å². The second kappa shape index (κ2) is 5.26. The summed E-state index contributed by atoms with van der Waals surface area (Å²) in [5.41, 5.74) is 2.69. The summed E-state index contributed by atoms with van der Waals surface area (Å²) in [4.78, 5) is 22.8. The van der Waals surface area contributed by atoms with Crippen molar-refractivity contribution in [3.63, 3.8) is 0 Å². The molecule has 100 valence electrons. The SMILES string of the molecule is Cc1c(C(=O)CCCC(=O)O)c2ccccc2n1C. The fourth-order valence-corrected chi connectivity index (χ4v) is 2.40. The first-order valence-corrected chi connectivity index (χ1v) is 6.31. The van der Waals surface area contributed by atoms with Crippen LogP contribution >= 0.6 is 0 Å². The highest BCUT2D eigenvalue weighted by Gasteiger charge is 2.17. The summed E-state index contributed by atoms with van der Waals surface area (Å²) in [6.45, 7) is 1.92. The van der Waals surface area contributed by atoms with Crippen molar-refractivity contribution in [1.82, 2.24) is 4.57 Å². The van der Waals surface area contributed by atoms with Gasteiger partial charge in [0.15, 0.2) is 5.78 Å². The molecule has 0 unspecified atom stereocenters. The van der Waals surface area contributed by atoms with Gasteiger partial charge in [-0.05, 0) is 19.4 Å². The Balaban J connectivity index is 2.31. The van der Waals surface area contributed by atoms with E-state index in [0.717, 1.165) is 22.2 Å². The zero-order valence-electron chi connectivity index (χ0n) is 11.1. The number of hydrogen-bond donors (Lipinski definition) is 1. The Kier molecular flexibility index (Phi) is 3.69. The Labute approximate surface area is 111 Å². The molecular weight excluding hydrogens is 242 g/mol. The summed E-state index contributed by atoms with van der Waals surface area (Å²) in [7, 11) is 1.94. The number of carboxylic acid groups (broad SMARTS) is 1. The van der Waals surface area contributed by atoms with Gasteiger partial charge in [0.2, 0.25) is 0 Å². The van der Waals surface area contributed by atoms with Gasteiger partial charge in [0.05, 0.1) is 0 Å². The molecule has 0 fully saturated rings. The fourth-order valence-electron chi connectivity index (χ4n) is 2.40. The fraction of sp³-hybridized carbons (Fsp3) is 0.333. The number of para-hydroxylation sites is 1. The van der Waals surface area contributed by atoms with Gasteiger partial charge in [-0.25, -0.2) is 0 Å². The number of fused-ring (bicyclic) bond motifs is 1. The molecule has 1 aromatic heterocycles. The summed E-state index contributed by atoms with van der Waals surface area (Å²) in [5, 5.41) is 9.56. The molecule has 4 nitrogen and oxygen atoms in total. The number of carboxylic acids is 1. The molecule has 0 amide bonds. The summed E-state index contributed by atoms with van der Waals surface area (Å²) in [6.07, 6.45) is 0.702. The Morgan fingerprint density at radius 2 is 1.89 bits per heavy atom. The first-order valence-electron chi connectivity index (χ1n) is 6.31. The molecule has 1 N–H and O–H groups in total. The number of nitrogens with zero attached hydrogens (tertiary/aromatic N) is 1. The number of carbonyl (C=O) groups excluding carboxylic acids is 1. The average Bonchev–Trinajstić information content (AvgIpc) is 2.62. The van der Waals surface area contributed by atoms with E-state index in [4.69, 9.17) is 5.11 Å². The molecule has 0 atom stereocenters. The Bertz CT molecular complexity index is 640. The number of aryl methyl sites for hydroxylation is 1. The summed E-state index contributed by atoms with van der Waals surface area (Å²) in [5.74, 6) is -0.835. The van der Waals surface area contributed by atoms with Crippen LogP contribution in [0.25, 0.3) is 10.9 Å². The highest BCUT2D eigenvalue weighted by molar-refractivity contribution is 6.09. The quantitative estimate of drug-likeness (QED) is 0.840. The van der Waals surface area contributed by atoms with E-state index in [-0.39, 0.29) is 18.6 Å². The van der Waals surface area contributed by atoms with Gasteiger partial charge in [-0.15, -0.1) is 0 Å². The van der Waals surface area contributed by atoms with Gasteiger partial charge in [0, 0.05) is 42.0 Å². The van der Waals surface area contributed by atoms with Crippen LogP contribution in [0.1, 0.15) is 35.3 Å². The van der Waals surface area contributed by atoms with Gasteiger partial charge < -0.3 is 9.67 Å². The van der Waals surface area contributed by atoms with Crippen LogP contribution in [0.2, 0.25) is 0 Å². The van der Waals surface area contributed by atoms with Crippen molar-refractivity contribution in [3.05, 3.63) is 35.5 Å². The maximum atomic E-state index is 12.3. The van der Waals surface area contributed by atoms with Crippen LogP contribution in [0.4, 0.5) is 0 Å². The van der Waals surface area contributed by atoms with E-state index in [1.165, 1.54) is 0 Å². The number of rotatable bonds is 5. The minimum Gasteiger partial charge on any atom is -0.481 e. The van der Waals surface area contributed by atoms with Gasteiger partial charge in [-0.3, -0.25) is 9.59 Å². The lowest BCUT2D eigenvalue weighted by atomic mass is 10.0. The van der Waals surface area contributed by atoms with Gasteiger partial charge in [-0.2, -0.15) is 0 Å². The molecule has 4 heteroatoms. The molecule has 0 saturated carbocycles. The number of aromatic nitrogens is 1. The van der Waals surface area contributed by atoms with Crippen LogP contribution in [0.3, 0.4) is 0 Å². The number of benzene rings is 1. The highest BCUT2D eigenvalue weighted by atomic mass is 16.4. The lowest BCUT2D eigenvalue weighted by molar-refractivity contribution is -0.137. The van der Waals surface area contributed by atoms with E-state index in [0.29, 0.717) is 6.42 Å². The Morgan fingerprint density at radius 3 is 2.58 bits per heavy atom. The van der Waals surface area contributed by atoms with E-state index in [9.17, 15) is 9.59 Å². The zero-order chi connectivity index (χ0) is 14.0. The topological polar surface area (TPSA) is 59.3 Å². The minimum atomic E-state index is -0.859. The zero-order valence-corrected chi connectivity index (χ0v) is 11.1. The van der Waals surface area contributed by atoms with Crippen molar-refractivity contribution in [3.8, 4) is 0 Å².